The molecule has 2 heterocycles. The minimum Gasteiger partial charge on any atom is -0.395 e. The maximum absolute atomic E-state index is 9.06. The number of fused-ring (bicyclic) bond motifs is 1. The summed E-state index contributed by atoms with van der Waals surface area (Å²) in [5, 5.41) is 15.0. The number of nitrogens with zero attached hydrogens (tertiary/aromatic N) is 4. The van der Waals surface area contributed by atoms with Gasteiger partial charge < -0.3 is 5.11 Å². The van der Waals surface area contributed by atoms with E-state index in [9.17, 15) is 0 Å². The van der Waals surface area contributed by atoms with Crippen LogP contribution in [0.4, 0.5) is 0 Å². The van der Waals surface area contributed by atoms with Gasteiger partial charge in [-0.2, -0.15) is 5.10 Å². The molecule has 7 heteroatoms. The minimum absolute atomic E-state index is 0.118. The van der Waals surface area contributed by atoms with Crippen LogP contribution >= 0.6 is 23.2 Å². The molecule has 0 aliphatic heterocycles. The third kappa shape index (κ3) is 4.14. The van der Waals surface area contributed by atoms with E-state index in [4.69, 9.17) is 33.4 Å². The van der Waals surface area contributed by atoms with Crippen molar-refractivity contribution < 1.29 is 5.11 Å². The first-order valence-electron chi connectivity index (χ1n) is 9.25. The van der Waals surface area contributed by atoms with Crippen LogP contribution in [0.25, 0.3) is 28.0 Å². The predicted molar refractivity (Wildman–Crippen MR) is 117 cm³/mol. The second-order valence-corrected chi connectivity index (χ2v) is 7.65. The topological polar surface area (TPSA) is 53.7 Å². The second-order valence-electron chi connectivity index (χ2n) is 6.86. The monoisotopic (exact) mass is 426 g/mol. The lowest BCUT2D eigenvalue weighted by molar-refractivity contribution is 0.216. The highest BCUT2D eigenvalue weighted by molar-refractivity contribution is 6.38. The van der Waals surface area contributed by atoms with Gasteiger partial charge in [-0.3, -0.25) is 4.90 Å². The Morgan fingerprint density at radius 2 is 1.72 bits per heavy atom. The summed E-state index contributed by atoms with van der Waals surface area (Å²) in [5.74, 6) is 0. The highest BCUT2D eigenvalue weighted by atomic mass is 35.5. The van der Waals surface area contributed by atoms with E-state index in [1.54, 1.807) is 4.52 Å². The molecule has 4 aromatic rings. The zero-order valence-electron chi connectivity index (χ0n) is 15.9. The van der Waals surface area contributed by atoms with Gasteiger partial charge in [0, 0.05) is 34.8 Å². The molecule has 0 unspecified atom stereocenters. The van der Waals surface area contributed by atoms with Crippen LogP contribution in [-0.2, 0) is 6.54 Å². The number of aliphatic hydroxyl groups excluding tert-OH is 1. The van der Waals surface area contributed by atoms with Crippen LogP contribution < -0.4 is 0 Å². The van der Waals surface area contributed by atoms with Crippen molar-refractivity contribution in [3.05, 3.63) is 76.5 Å². The van der Waals surface area contributed by atoms with Crippen molar-refractivity contribution in [1.82, 2.24) is 19.5 Å². The van der Waals surface area contributed by atoms with E-state index in [0.717, 1.165) is 33.7 Å². The third-order valence-electron chi connectivity index (χ3n) is 4.72. The molecule has 0 aliphatic carbocycles. The number of imidazole rings is 1. The molecule has 1 N–H and O–H groups in total. The lowest BCUT2D eigenvalue weighted by Crippen LogP contribution is -2.21. The molecule has 0 amide bonds. The Morgan fingerprint density at radius 1 is 0.966 bits per heavy atom. The number of hydrogen-bond donors (Lipinski definition) is 1. The first-order valence-corrected chi connectivity index (χ1v) is 10.0. The summed E-state index contributed by atoms with van der Waals surface area (Å²) in [7, 11) is 1.94. The van der Waals surface area contributed by atoms with Gasteiger partial charge in [-0.25, -0.2) is 9.50 Å². The number of likely N-dealkylation sites (N-methyl/N-ethyl adjacent to an activating group) is 1. The molecule has 0 saturated heterocycles. The van der Waals surface area contributed by atoms with Gasteiger partial charge in [0.1, 0.15) is 0 Å². The molecular formula is C22H20Cl2N4O. The van der Waals surface area contributed by atoms with Crippen LogP contribution in [0, 0.1) is 0 Å². The third-order valence-corrected chi connectivity index (χ3v) is 5.46. The van der Waals surface area contributed by atoms with Gasteiger partial charge in [0.05, 0.1) is 29.2 Å². The fraction of sp³-hybridized carbons (Fsp3) is 0.182. The van der Waals surface area contributed by atoms with Gasteiger partial charge in [0.15, 0.2) is 5.65 Å². The normalized spacial score (nSPS) is 11.5. The van der Waals surface area contributed by atoms with Crippen LogP contribution in [0.1, 0.15) is 5.69 Å². The Bertz CT molecular complexity index is 1160. The van der Waals surface area contributed by atoms with Gasteiger partial charge in [-0.15, -0.1) is 0 Å². The van der Waals surface area contributed by atoms with Gasteiger partial charge in [0.2, 0.25) is 0 Å². The Kier molecular flexibility index (Phi) is 5.83. The summed E-state index contributed by atoms with van der Waals surface area (Å²) in [4.78, 5) is 6.60. The van der Waals surface area contributed by atoms with Crippen LogP contribution in [0.15, 0.2) is 60.8 Å². The van der Waals surface area contributed by atoms with Gasteiger partial charge in [-0.1, -0.05) is 59.6 Å². The summed E-state index contributed by atoms with van der Waals surface area (Å²) in [5.41, 5.74) is 5.00. The van der Waals surface area contributed by atoms with Crippen LogP contribution in [0.2, 0.25) is 10.0 Å². The number of aromatic nitrogens is 3. The first-order chi connectivity index (χ1) is 14.1. The molecule has 0 saturated carbocycles. The van der Waals surface area contributed by atoms with E-state index in [1.807, 2.05) is 72.7 Å². The van der Waals surface area contributed by atoms with E-state index in [2.05, 4.69) is 4.98 Å². The molecule has 2 aromatic carbocycles. The van der Waals surface area contributed by atoms with Gasteiger partial charge >= 0.3 is 0 Å². The zero-order chi connectivity index (χ0) is 20.4. The SMILES string of the molecule is CN(CCO)Cc1cn2nc(-c3cccc(-c4ccccc4Cl)c3Cl)ccc2n1. The number of rotatable bonds is 6. The van der Waals surface area contributed by atoms with Crippen LogP contribution in [0.3, 0.4) is 0 Å². The summed E-state index contributed by atoms with van der Waals surface area (Å²) in [6, 6.07) is 17.3. The molecule has 0 spiro atoms. The fourth-order valence-corrected chi connectivity index (χ4v) is 3.86. The Balaban J connectivity index is 1.71. The minimum atomic E-state index is 0.118. The van der Waals surface area contributed by atoms with E-state index in [1.165, 1.54) is 0 Å². The van der Waals surface area contributed by atoms with E-state index in [0.29, 0.717) is 23.1 Å². The molecule has 148 valence electrons. The molecular weight excluding hydrogens is 407 g/mol. The second kappa shape index (κ2) is 8.51. The van der Waals surface area contributed by atoms with Crippen molar-refractivity contribution in [3.63, 3.8) is 0 Å². The summed E-state index contributed by atoms with van der Waals surface area (Å²) >= 11 is 13.1. The lowest BCUT2D eigenvalue weighted by Gasteiger charge is -2.12. The molecule has 2 aromatic heterocycles. The van der Waals surface area contributed by atoms with Gasteiger partial charge in [0.25, 0.3) is 0 Å². The highest BCUT2D eigenvalue weighted by Crippen LogP contribution is 2.38. The average molecular weight is 427 g/mol. The first kappa shape index (κ1) is 19.9. The smallest absolute Gasteiger partial charge is 0.153 e. The molecule has 0 bridgehead atoms. The number of benzene rings is 2. The molecule has 4 rings (SSSR count). The molecule has 0 fully saturated rings. The van der Waals surface area contributed by atoms with Crippen molar-refractivity contribution in [3.8, 4) is 22.4 Å². The molecule has 29 heavy (non-hydrogen) atoms. The maximum atomic E-state index is 9.06. The summed E-state index contributed by atoms with van der Waals surface area (Å²) < 4.78 is 1.76. The van der Waals surface area contributed by atoms with Crippen molar-refractivity contribution in [2.24, 2.45) is 0 Å². The fourth-order valence-electron chi connectivity index (χ4n) is 3.29. The number of halogens is 2. The van der Waals surface area contributed by atoms with Crippen LogP contribution in [0.5, 0.6) is 0 Å². The standard InChI is InChI=1S/C22H20Cl2N4O/c1-27(11-12-29)13-15-14-28-21(25-15)10-9-20(26-28)18-7-4-6-17(22(18)24)16-5-2-3-8-19(16)23/h2-10,14,29H,11-13H2,1H3. The van der Waals surface area contributed by atoms with Crippen molar-refractivity contribution >= 4 is 28.8 Å². The molecule has 0 aliphatic rings. The molecule has 5 nitrogen and oxygen atoms in total. The average Bonchev–Trinajstić information content (AvgIpc) is 3.10. The quantitative estimate of drug-likeness (QED) is 0.481. The molecule has 0 atom stereocenters. The summed E-state index contributed by atoms with van der Waals surface area (Å²) in [6.45, 7) is 1.35. The van der Waals surface area contributed by atoms with Crippen molar-refractivity contribution in [2.75, 3.05) is 20.2 Å². The lowest BCUT2D eigenvalue weighted by atomic mass is 10.0. The number of aliphatic hydroxyl groups is 1. The Labute approximate surface area is 179 Å². The largest absolute Gasteiger partial charge is 0.395 e. The predicted octanol–water partition coefficient (Wildman–Crippen LogP) is 4.79. The van der Waals surface area contributed by atoms with Gasteiger partial charge in [-0.05, 0) is 25.2 Å². The maximum Gasteiger partial charge on any atom is 0.153 e. The Morgan fingerprint density at radius 3 is 2.52 bits per heavy atom. The summed E-state index contributed by atoms with van der Waals surface area (Å²) in [6.07, 6.45) is 1.90. The zero-order valence-corrected chi connectivity index (χ0v) is 17.4. The Hall–Kier alpha value is -2.44. The van der Waals surface area contributed by atoms with E-state index < -0.39 is 0 Å². The molecule has 0 radical (unpaired) electrons. The van der Waals surface area contributed by atoms with E-state index in [-0.39, 0.29) is 6.61 Å². The van der Waals surface area contributed by atoms with Crippen molar-refractivity contribution in [1.29, 1.82) is 0 Å². The number of hydrogen-bond acceptors (Lipinski definition) is 4. The highest BCUT2D eigenvalue weighted by Gasteiger charge is 2.14. The van der Waals surface area contributed by atoms with E-state index >= 15 is 0 Å². The van der Waals surface area contributed by atoms with Crippen LogP contribution in [-0.4, -0.2) is 44.8 Å². The van der Waals surface area contributed by atoms with Crippen molar-refractivity contribution in [2.45, 2.75) is 6.54 Å².